The molecule has 1 aliphatic rings. The van der Waals surface area contributed by atoms with Crippen molar-refractivity contribution in [3.05, 3.63) is 0 Å². The van der Waals surface area contributed by atoms with Crippen LogP contribution in [0.3, 0.4) is 0 Å². The third-order valence-corrected chi connectivity index (χ3v) is 4.92. The summed E-state index contributed by atoms with van der Waals surface area (Å²) in [4.78, 5) is 14.5. The first-order chi connectivity index (χ1) is 8.61. The van der Waals surface area contributed by atoms with Crippen LogP contribution in [0.4, 0.5) is 0 Å². The molecule has 0 heterocycles. The maximum atomic E-state index is 12.5. The number of thioether (sulfide) groups is 1. The average Bonchev–Trinajstić information content (AvgIpc) is 2.42. The minimum Gasteiger partial charge on any atom is -0.343 e. The third kappa shape index (κ3) is 4.16. The Kier molecular flexibility index (Phi) is 7.08. The van der Waals surface area contributed by atoms with Crippen LogP contribution in [0.5, 0.6) is 0 Å². The normalized spacial score (nSPS) is 25.8. The van der Waals surface area contributed by atoms with E-state index in [9.17, 15) is 4.79 Å². The molecule has 2 N–H and O–H groups in total. The zero-order valence-electron chi connectivity index (χ0n) is 12.0. The maximum Gasteiger partial charge on any atom is 0.225 e. The summed E-state index contributed by atoms with van der Waals surface area (Å²) in [6.07, 6.45) is 7.75. The molecule has 3 nitrogen and oxygen atoms in total. The molecule has 1 amide bonds. The average molecular weight is 272 g/mol. The van der Waals surface area contributed by atoms with E-state index in [-0.39, 0.29) is 5.92 Å². The van der Waals surface area contributed by atoms with Crippen molar-refractivity contribution in [1.29, 1.82) is 0 Å². The zero-order chi connectivity index (χ0) is 13.5. The Bertz CT molecular complexity index is 260. The van der Waals surface area contributed by atoms with Crippen LogP contribution in [0.1, 0.15) is 39.0 Å². The van der Waals surface area contributed by atoms with Gasteiger partial charge in [-0.25, -0.2) is 0 Å². The number of rotatable bonds is 6. The molecule has 0 aromatic carbocycles. The van der Waals surface area contributed by atoms with Gasteiger partial charge >= 0.3 is 0 Å². The Labute approximate surface area is 116 Å². The summed E-state index contributed by atoms with van der Waals surface area (Å²) in [6.45, 7) is 2.80. The van der Waals surface area contributed by atoms with E-state index in [0.717, 1.165) is 25.0 Å². The van der Waals surface area contributed by atoms with Gasteiger partial charge in [-0.3, -0.25) is 4.79 Å². The molecule has 0 saturated heterocycles. The molecule has 4 heteroatoms. The lowest BCUT2D eigenvalue weighted by Crippen LogP contribution is -2.44. The van der Waals surface area contributed by atoms with Gasteiger partial charge in [0.1, 0.15) is 0 Å². The van der Waals surface area contributed by atoms with Crippen molar-refractivity contribution in [3.63, 3.8) is 0 Å². The molecule has 0 aliphatic heterocycles. The highest BCUT2D eigenvalue weighted by molar-refractivity contribution is 7.98. The summed E-state index contributed by atoms with van der Waals surface area (Å²) in [5, 5.41) is 0. The van der Waals surface area contributed by atoms with Crippen LogP contribution in [0.25, 0.3) is 0 Å². The number of nitrogens with zero attached hydrogens (tertiary/aromatic N) is 1. The van der Waals surface area contributed by atoms with E-state index in [2.05, 4.69) is 13.2 Å². The van der Waals surface area contributed by atoms with Crippen LogP contribution in [0, 0.1) is 11.8 Å². The van der Waals surface area contributed by atoms with Gasteiger partial charge in [-0.15, -0.1) is 0 Å². The highest BCUT2D eigenvalue weighted by atomic mass is 32.2. The molecule has 1 fully saturated rings. The standard InChI is InChI=1S/C14H28N2OS/c1-11(8-9-18-3)16(2)14(17)13-7-5-4-6-12(13)10-15/h11-13H,4-10,15H2,1-3H3. The SMILES string of the molecule is CSCCC(C)N(C)C(=O)C1CCCCC1CN. The summed E-state index contributed by atoms with van der Waals surface area (Å²) in [7, 11) is 1.95. The fourth-order valence-electron chi connectivity index (χ4n) is 2.78. The Balaban J connectivity index is 2.55. The highest BCUT2D eigenvalue weighted by Crippen LogP contribution is 2.31. The first kappa shape index (κ1) is 15.8. The molecule has 18 heavy (non-hydrogen) atoms. The van der Waals surface area contributed by atoms with E-state index >= 15 is 0 Å². The molecule has 3 atom stereocenters. The van der Waals surface area contributed by atoms with Gasteiger partial charge in [0.25, 0.3) is 0 Å². The summed E-state index contributed by atoms with van der Waals surface area (Å²) < 4.78 is 0. The molecule has 0 aromatic heterocycles. The smallest absolute Gasteiger partial charge is 0.225 e. The minimum atomic E-state index is 0.172. The molecular formula is C14H28N2OS. The zero-order valence-corrected chi connectivity index (χ0v) is 12.8. The highest BCUT2D eigenvalue weighted by Gasteiger charge is 2.32. The number of hydrogen-bond acceptors (Lipinski definition) is 3. The van der Waals surface area contributed by atoms with Gasteiger partial charge in [0.15, 0.2) is 0 Å². The molecule has 1 rings (SSSR count). The van der Waals surface area contributed by atoms with E-state index in [4.69, 9.17) is 5.73 Å². The summed E-state index contributed by atoms with van der Waals surface area (Å²) >= 11 is 1.84. The van der Waals surface area contributed by atoms with Crippen LogP contribution in [-0.4, -0.2) is 42.4 Å². The van der Waals surface area contributed by atoms with Gasteiger partial charge in [0, 0.05) is 19.0 Å². The predicted molar refractivity (Wildman–Crippen MR) is 79.7 cm³/mol. The van der Waals surface area contributed by atoms with Gasteiger partial charge in [0.2, 0.25) is 5.91 Å². The molecule has 1 aliphatic carbocycles. The molecular weight excluding hydrogens is 244 g/mol. The topological polar surface area (TPSA) is 46.3 Å². The fraction of sp³-hybridized carbons (Fsp3) is 0.929. The van der Waals surface area contributed by atoms with E-state index in [1.165, 1.54) is 12.8 Å². The lowest BCUT2D eigenvalue weighted by atomic mass is 9.78. The van der Waals surface area contributed by atoms with Gasteiger partial charge in [0.05, 0.1) is 0 Å². The van der Waals surface area contributed by atoms with Crippen molar-refractivity contribution in [2.24, 2.45) is 17.6 Å². The number of carbonyl (C=O) groups is 1. The van der Waals surface area contributed by atoms with Crippen LogP contribution < -0.4 is 5.73 Å². The fourth-order valence-corrected chi connectivity index (χ4v) is 3.35. The van der Waals surface area contributed by atoms with Crippen LogP contribution in [0.2, 0.25) is 0 Å². The first-order valence-electron chi connectivity index (χ1n) is 7.07. The minimum absolute atomic E-state index is 0.172. The Morgan fingerprint density at radius 1 is 1.44 bits per heavy atom. The summed E-state index contributed by atoms with van der Waals surface area (Å²) in [5.41, 5.74) is 5.81. The van der Waals surface area contributed by atoms with Gasteiger partial charge in [-0.2, -0.15) is 11.8 Å². The van der Waals surface area contributed by atoms with Crippen LogP contribution in [0.15, 0.2) is 0 Å². The molecule has 0 aromatic rings. The van der Waals surface area contributed by atoms with Gasteiger partial charge in [-0.1, -0.05) is 12.8 Å². The number of hydrogen-bond donors (Lipinski definition) is 1. The predicted octanol–water partition coefficient (Wildman–Crippen LogP) is 2.35. The molecule has 0 radical (unpaired) electrons. The quantitative estimate of drug-likeness (QED) is 0.807. The lowest BCUT2D eigenvalue weighted by molar-refractivity contribution is -0.138. The van der Waals surface area contributed by atoms with Crippen LogP contribution >= 0.6 is 11.8 Å². The number of carbonyl (C=O) groups excluding carboxylic acids is 1. The van der Waals surface area contributed by atoms with E-state index in [0.29, 0.717) is 24.4 Å². The van der Waals surface area contributed by atoms with Crippen molar-refractivity contribution in [2.75, 3.05) is 25.6 Å². The van der Waals surface area contributed by atoms with E-state index in [1.54, 1.807) is 0 Å². The van der Waals surface area contributed by atoms with Crippen molar-refractivity contribution < 1.29 is 4.79 Å². The number of nitrogens with two attached hydrogens (primary N) is 1. The largest absolute Gasteiger partial charge is 0.343 e. The van der Waals surface area contributed by atoms with Crippen molar-refractivity contribution >= 4 is 17.7 Å². The first-order valence-corrected chi connectivity index (χ1v) is 8.46. The molecule has 0 bridgehead atoms. The molecule has 3 unspecified atom stereocenters. The second-order valence-corrected chi connectivity index (χ2v) is 6.45. The lowest BCUT2D eigenvalue weighted by Gasteiger charge is -2.35. The Morgan fingerprint density at radius 3 is 2.72 bits per heavy atom. The Morgan fingerprint density at radius 2 is 2.11 bits per heavy atom. The summed E-state index contributed by atoms with van der Waals surface area (Å²) in [5.74, 6) is 2.01. The van der Waals surface area contributed by atoms with Gasteiger partial charge in [-0.05, 0) is 50.7 Å². The van der Waals surface area contributed by atoms with E-state index < -0.39 is 0 Å². The second-order valence-electron chi connectivity index (χ2n) is 5.47. The van der Waals surface area contributed by atoms with E-state index in [1.807, 2.05) is 23.7 Å². The number of amides is 1. The monoisotopic (exact) mass is 272 g/mol. The van der Waals surface area contributed by atoms with Crippen molar-refractivity contribution in [3.8, 4) is 0 Å². The maximum absolute atomic E-state index is 12.5. The molecule has 1 saturated carbocycles. The third-order valence-electron chi connectivity index (χ3n) is 4.28. The van der Waals surface area contributed by atoms with Crippen molar-refractivity contribution in [2.45, 2.75) is 45.1 Å². The Hall–Kier alpha value is -0.220. The molecule has 0 spiro atoms. The van der Waals surface area contributed by atoms with Crippen LogP contribution in [-0.2, 0) is 4.79 Å². The molecule has 106 valence electrons. The van der Waals surface area contributed by atoms with Crippen molar-refractivity contribution in [1.82, 2.24) is 4.90 Å². The second kappa shape index (κ2) is 8.05. The summed E-state index contributed by atoms with van der Waals surface area (Å²) in [6, 6.07) is 0.338. The van der Waals surface area contributed by atoms with Gasteiger partial charge < -0.3 is 10.6 Å².